The largest absolute Gasteiger partial charge is 0.434 e. The number of amides is 1. The van der Waals surface area contributed by atoms with Gasteiger partial charge in [0.2, 0.25) is 5.82 Å². The second-order valence-corrected chi connectivity index (χ2v) is 11.3. The van der Waals surface area contributed by atoms with Gasteiger partial charge in [0.05, 0.1) is 39.7 Å². The molecule has 0 bridgehead atoms. The van der Waals surface area contributed by atoms with E-state index in [0.717, 1.165) is 29.1 Å². The van der Waals surface area contributed by atoms with Crippen molar-refractivity contribution in [1.82, 2.24) is 24.6 Å². The highest BCUT2D eigenvalue weighted by atomic mass is 35.5. The third kappa shape index (κ3) is 4.42. The molecule has 2 aromatic heterocycles. The van der Waals surface area contributed by atoms with Gasteiger partial charge in [0.15, 0.2) is 21.4 Å². The number of sulfone groups is 1. The standard InChI is InChI=1S/C22H16ClF5N6O3S/c1-10-20-31-19(21(35)33-5-7-38(36,37)8-6-33)32-34(20)13-9-29-18(22(26,27)28)16(23)15(13)17(30-10)14-11(24)3-2-4-12(14)25/h2-4,9-10H,5-8H2,1H3/t10-/m0/s1. The van der Waals surface area contributed by atoms with Gasteiger partial charge in [0.25, 0.3) is 5.91 Å². The van der Waals surface area contributed by atoms with E-state index in [4.69, 9.17) is 11.6 Å². The minimum Gasteiger partial charge on any atom is -0.334 e. The van der Waals surface area contributed by atoms with Crippen LogP contribution in [-0.2, 0) is 16.0 Å². The Kier molecular flexibility index (Phi) is 6.25. The summed E-state index contributed by atoms with van der Waals surface area (Å²) in [5.41, 5.74) is -3.47. The van der Waals surface area contributed by atoms with Crippen LogP contribution in [0.2, 0.25) is 5.02 Å². The first kappa shape index (κ1) is 26.2. The molecule has 0 saturated carbocycles. The average molecular weight is 575 g/mol. The van der Waals surface area contributed by atoms with E-state index in [9.17, 15) is 35.2 Å². The molecule has 1 atom stereocenters. The Labute approximate surface area is 216 Å². The van der Waals surface area contributed by atoms with Crippen molar-refractivity contribution in [2.75, 3.05) is 24.6 Å². The molecule has 1 aromatic carbocycles. The maximum atomic E-state index is 14.8. The van der Waals surface area contributed by atoms with Crippen LogP contribution in [-0.4, -0.2) is 69.3 Å². The fourth-order valence-electron chi connectivity index (χ4n) is 4.21. The molecule has 0 N–H and O–H groups in total. The zero-order valence-electron chi connectivity index (χ0n) is 19.3. The van der Waals surface area contributed by atoms with Gasteiger partial charge in [0.1, 0.15) is 17.7 Å². The van der Waals surface area contributed by atoms with Crippen LogP contribution in [0, 0.1) is 11.6 Å². The summed E-state index contributed by atoms with van der Waals surface area (Å²) >= 11 is 6.16. The van der Waals surface area contributed by atoms with Crippen LogP contribution in [0.5, 0.6) is 0 Å². The first-order valence-corrected chi connectivity index (χ1v) is 13.2. The number of hydrogen-bond donors (Lipinski definition) is 0. The Morgan fingerprint density at radius 3 is 2.34 bits per heavy atom. The lowest BCUT2D eigenvalue weighted by molar-refractivity contribution is -0.141. The molecule has 200 valence electrons. The van der Waals surface area contributed by atoms with Crippen molar-refractivity contribution in [2.45, 2.75) is 19.1 Å². The summed E-state index contributed by atoms with van der Waals surface area (Å²) in [6, 6.07) is 1.86. The predicted molar refractivity (Wildman–Crippen MR) is 124 cm³/mol. The Morgan fingerprint density at radius 2 is 1.74 bits per heavy atom. The van der Waals surface area contributed by atoms with E-state index in [1.807, 2.05) is 0 Å². The molecule has 1 fully saturated rings. The summed E-state index contributed by atoms with van der Waals surface area (Å²) in [6.45, 7) is 1.27. The van der Waals surface area contributed by atoms with Crippen molar-refractivity contribution in [3.8, 4) is 5.69 Å². The molecule has 3 aromatic rings. The Balaban J connectivity index is 1.71. The molecule has 0 spiro atoms. The van der Waals surface area contributed by atoms with Gasteiger partial charge in [-0.05, 0) is 19.1 Å². The molecule has 38 heavy (non-hydrogen) atoms. The molecule has 2 aliphatic rings. The average Bonchev–Trinajstić information content (AvgIpc) is 3.23. The van der Waals surface area contributed by atoms with Gasteiger partial charge in [-0.25, -0.2) is 31.8 Å². The number of alkyl halides is 3. The highest BCUT2D eigenvalue weighted by Crippen LogP contribution is 2.40. The van der Waals surface area contributed by atoms with Crippen molar-refractivity contribution in [3.05, 3.63) is 69.5 Å². The summed E-state index contributed by atoms with van der Waals surface area (Å²) in [7, 11) is -3.28. The minimum atomic E-state index is -5.01. The van der Waals surface area contributed by atoms with Crippen molar-refractivity contribution in [2.24, 2.45) is 4.99 Å². The second kappa shape index (κ2) is 9.08. The number of hydrogen-bond acceptors (Lipinski definition) is 7. The van der Waals surface area contributed by atoms with E-state index < -0.39 is 67.2 Å². The van der Waals surface area contributed by atoms with Crippen molar-refractivity contribution < 1.29 is 35.2 Å². The third-order valence-corrected chi connectivity index (χ3v) is 8.06. The first-order valence-electron chi connectivity index (χ1n) is 11.0. The smallest absolute Gasteiger partial charge is 0.334 e. The van der Waals surface area contributed by atoms with Gasteiger partial charge in [-0.15, -0.1) is 5.10 Å². The number of fused-ring (bicyclic) bond motifs is 3. The zero-order valence-corrected chi connectivity index (χ0v) is 20.9. The fraction of sp³-hybridized carbons (Fsp3) is 0.318. The van der Waals surface area contributed by atoms with E-state index in [0.29, 0.717) is 0 Å². The number of rotatable bonds is 2. The molecule has 4 heterocycles. The molecule has 0 radical (unpaired) electrons. The third-order valence-electron chi connectivity index (χ3n) is 6.08. The molecule has 1 saturated heterocycles. The van der Waals surface area contributed by atoms with Crippen molar-refractivity contribution in [3.63, 3.8) is 0 Å². The molecule has 16 heteroatoms. The van der Waals surface area contributed by atoms with Crippen LogP contribution >= 0.6 is 11.6 Å². The lowest BCUT2D eigenvalue weighted by atomic mass is 9.99. The van der Waals surface area contributed by atoms with Crippen LogP contribution in [0.25, 0.3) is 5.69 Å². The van der Waals surface area contributed by atoms with Crippen LogP contribution in [0.4, 0.5) is 22.0 Å². The topological polar surface area (TPSA) is 110 Å². The summed E-state index contributed by atoms with van der Waals surface area (Å²) in [4.78, 5) is 26.1. The monoisotopic (exact) mass is 574 g/mol. The molecule has 0 unspecified atom stereocenters. The van der Waals surface area contributed by atoms with E-state index in [1.54, 1.807) is 0 Å². The molecular formula is C22H16ClF5N6O3S. The SMILES string of the molecule is C[C@@H]1N=C(c2c(F)cccc2F)c2c(cnc(C(F)(F)F)c2Cl)-n2nc(C(=O)N3CCS(=O)(=O)CC3)nc21. The van der Waals surface area contributed by atoms with Crippen molar-refractivity contribution in [1.29, 1.82) is 0 Å². The highest BCUT2D eigenvalue weighted by molar-refractivity contribution is 7.91. The van der Waals surface area contributed by atoms with E-state index in [-0.39, 0.29) is 41.9 Å². The summed E-state index contributed by atoms with van der Waals surface area (Å²) in [5.74, 6) is -3.78. The number of carbonyl (C=O) groups is 1. The van der Waals surface area contributed by atoms with Gasteiger partial charge in [0, 0.05) is 18.7 Å². The lowest BCUT2D eigenvalue weighted by Gasteiger charge is -2.25. The zero-order chi connectivity index (χ0) is 27.6. The maximum absolute atomic E-state index is 14.8. The Bertz CT molecular complexity index is 1590. The van der Waals surface area contributed by atoms with E-state index >= 15 is 0 Å². The van der Waals surface area contributed by atoms with Gasteiger partial charge >= 0.3 is 6.18 Å². The van der Waals surface area contributed by atoms with Gasteiger partial charge < -0.3 is 4.90 Å². The lowest BCUT2D eigenvalue weighted by Crippen LogP contribution is -2.44. The number of carbonyl (C=O) groups excluding carboxylic acids is 1. The Morgan fingerprint density at radius 1 is 1.11 bits per heavy atom. The van der Waals surface area contributed by atoms with Gasteiger partial charge in [-0.2, -0.15) is 13.2 Å². The maximum Gasteiger partial charge on any atom is 0.434 e. The van der Waals surface area contributed by atoms with E-state index in [2.05, 4.69) is 20.1 Å². The number of nitrogens with zero attached hydrogens (tertiary/aromatic N) is 6. The predicted octanol–water partition coefficient (Wildman–Crippen LogP) is 3.40. The molecule has 5 rings (SSSR count). The minimum absolute atomic E-state index is 0.0383. The number of aromatic nitrogens is 4. The second-order valence-electron chi connectivity index (χ2n) is 8.58. The summed E-state index contributed by atoms with van der Waals surface area (Å²) in [6.07, 6.45) is -4.25. The highest BCUT2D eigenvalue weighted by Gasteiger charge is 2.40. The quantitative estimate of drug-likeness (QED) is 0.434. The summed E-state index contributed by atoms with van der Waals surface area (Å²) < 4.78 is 95.1. The van der Waals surface area contributed by atoms with Gasteiger partial charge in [-0.1, -0.05) is 17.7 Å². The van der Waals surface area contributed by atoms with Crippen LogP contribution in [0.3, 0.4) is 0 Å². The van der Waals surface area contributed by atoms with Crippen LogP contribution in [0.15, 0.2) is 29.4 Å². The molecule has 2 aliphatic heterocycles. The Hall–Kier alpha value is -3.46. The van der Waals surface area contributed by atoms with E-state index in [1.165, 1.54) is 11.8 Å². The molecule has 0 aliphatic carbocycles. The molecular weight excluding hydrogens is 559 g/mol. The normalized spacial score (nSPS) is 18.9. The van der Waals surface area contributed by atoms with Crippen molar-refractivity contribution >= 4 is 33.1 Å². The number of benzene rings is 1. The van der Waals surface area contributed by atoms with Crippen LogP contribution in [0.1, 0.15) is 46.2 Å². The number of halogens is 6. The number of aliphatic imine (C=N–C) groups is 1. The fourth-order valence-corrected chi connectivity index (χ4v) is 5.75. The molecule has 9 nitrogen and oxygen atoms in total. The molecule has 1 amide bonds. The van der Waals surface area contributed by atoms with Crippen LogP contribution < -0.4 is 0 Å². The van der Waals surface area contributed by atoms with Gasteiger partial charge in [-0.3, -0.25) is 9.79 Å². The number of pyridine rings is 1. The summed E-state index contributed by atoms with van der Waals surface area (Å²) in [5, 5.41) is 3.17. The first-order chi connectivity index (χ1) is 17.8.